The summed E-state index contributed by atoms with van der Waals surface area (Å²) in [5.41, 5.74) is 0. The topological polar surface area (TPSA) is 9.23 Å². The zero-order chi connectivity index (χ0) is 14.4. The molecule has 0 N–H and O–H groups in total. The lowest BCUT2D eigenvalue weighted by Gasteiger charge is -2.29. The first-order valence-corrected chi connectivity index (χ1v) is 11.4. The maximum atomic E-state index is 6.28. The number of hydrogen-bond acceptors (Lipinski definition) is 1. The van der Waals surface area contributed by atoms with Crippen molar-refractivity contribution in [1.29, 1.82) is 0 Å². The molecule has 0 spiro atoms. The van der Waals surface area contributed by atoms with Crippen LogP contribution in [0.3, 0.4) is 0 Å². The quantitative estimate of drug-likeness (QED) is 0.260. The molecule has 0 aliphatic heterocycles. The van der Waals surface area contributed by atoms with Crippen LogP contribution < -0.4 is 0 Å². The van der Waals surface area contributed by atoms with Crippen LogP contribution in [0.25, 0.3) is 0 Å². The number of hydrogen-bond donors (Lipinski definition) is 0. The van der Waals surface area contributed by atoms with Crippen LogP contribution in [0.2, 0.25) is 18.1 Å². The number of unbranched alkanes of at least 4 members (excludes halogenated alkanes) is 7. The van der Waals surface area contributed by atoms with Gasteiger partial charge in [0.05, 0.1) is 0 Å². The van der Waals surface area contributed by atoms with Crippen molar-refractivity contribution in [3.8, 4) is 0 Å². The van der Waals surface area contributed by atoms with Gasteiger partial charge in [0.2, 0.25) is 0 Å². The summed E-state index contributed by atoms with van der Waals surface area (Å²) in [6, 6.07) is 4.01. The van der Waals surface area contributed by atoms with Crippen LogP contribution in [0, 0.1) is 0 Å². The molecule has 0 aliphatic rings. The molecule has 0 saturated carbocycles. The first-order chi connectivity index (χ1) is 9.24. The van der Waals surface area contributed by atoms with Crippen LogP contribution in [-0.4, -0.2) is 14.9 Å². The van der Waals surface area contributed by atoms with E-state index in [1.807, 2.05) is 0 Å². The maximum absolute atomic E-state index is 6.28. The molecule has 0 aromatic heterocycles. The third-order valence-corrected chi connectivity index (χ3v) is 9.05. The van der Waals surface area contributed by atoms with Gasteiger partial charge in [-0.3, -0.25) is 0 Å². The van der Waals surface area contributed by atoms with Gasteiger partial charge in [-0.1, -0.05) is 79.1 Å². The van der Waals surface area contributed by atoms with Crippen LogP contribution in [0.5, 0.6) is 0 Å². The maximum Gasteiger partial charge on any atom is 0.192 e. The summed E-state index contributed by atoms with van der Waals surface area (Å²) >= 11 is 0. The Hall–Kier alpha value is 0.177. The predicted molar refractivity (Wildman–Crippen MR) is 90.4 cm³/mol. The summed E-state index contributed by atoms with van der Waals surface area (Å²) in [6.45, 7) is 10.2. The molecule has 19 heavy (non-hydrogen) atoms. The fraction of sp³-hybridized carbons (Fsp3) is 1.00. The van der Waals surface area contributed by atoms with E-state index in [0.29, 0.717) is 0 Å². The average molecular weight is 287 g/mol. The van der Waals surface area contributed by atoms with Crippen LogP contribution in [0.15, 0.2) is 0 Å². The van der Waals surface area contributed by atoms with Crippen molar-refractivity contribution in [2.45, 2.75) is 104 Å². The van der Waals surface area contributed by atoms with Crippen molar-refractivity contribution < 1.29 is 4.43 Å². The summed E-state index contributed by atoms with van der Waals surface area (Å²) in [4.78, 5) is 0. The van der Waals surface area contributed by atoms with Crippen molar-refractivity contribution in [1.82, 2.24) is 0 Å². The summed E-state index contributed by atoms with van der Waals surface area (Å²) in [6.07, 6.45) is 12.6. The highest BCUT2D eigenvalue weighted by Crippen LogP contribution is 2.25. The monoisotopic (exact) mass is 286 g/mol. The fourth-order valence-electron chi connectivity index (χ4n) is 2.78. The van der Waals surface area contributed by atoms with Gasteiger partial charge >= 0.3 is 0 Å². The fourth-order valence-corrected chi connectivity index (χ4v) is 6.07. The van der Waals surface area contributed by atoms with Gasteiger partial charge in [-0.15, -0.1) is 0 Å². The summed E-state index contributed by atoms with van der Waals surface area (Å²) in [7, 11) is -1.35. The first-order valence-electron chi connectivity index (χ1n) is 8.88. The molecule has 0 radical (unpaired) electrons. The second-order valence-electron chi connectivity index (χ2n) is 5.96. The highest BCUT2D eigenvalue weighted by Gasteiger charge is 2.29. The molecule has 2 heteroatoms. The molecule has 0 rings (SSSR count). The average Bonchev–Trinajstić information content (AvgIpc) is 2.45. The van der Waals surface area contributed by atoms with Gasteiger partial charge in [-0.2, -0.15) is 0 Å². The van der Waals surface area contributed by atoms with Gasteiger partial charge in [0, 0.05) is 6.61 Å². The third kappa shape index (κ3) is 9.67. The minimum Gasteiger partial charge on any atom is -0.417 e. The highest BCUT2D eigenvalue weighted by atomic mass is 28.4. The van der Waals surface area contributed by atoms with Crippen molar-refractivity contribution in [3.05, 3.63) is 0 Å². The predicted octanol–water partition coefficient (Wildman–Crippen LogP) is 6.54. The molecular weight excluding hydrogens is 248 g/mol. The van der Waals surface area contributed by atoms with Crippen molar-refractivity contribution in [2.24, 2.45) is 0 Å². The van der Waals surface area contributed by atoms with Crippen molar-refractivity contribution in [3.63, 3.8) is 0 Å². The standard InChI is InChI=1S/C17H38OSi/c1-5-9-10-11-12-13-14-15-17-19(7-3,8-4)18-16-6-2/h5-17H2,1-4H3. The lowest BCUT2D eigenvalue weighted by atomic mass is 10.1. The Bertz CT molecular complexity index is 178. The van der Waals surface area contributed by atoms with E-state index >= 15 is 0 Å². The second kappa shape index (κ2) is 13.2. The third-order valence-electron chi connectivity index (χ3n) is 4.39. The van der Waals surface area contributed by atoms with E-state index < -0.39 is 8.32 Å². The van der Waals surface area contributed by atoms with E-state index in [-0.39, 0.29) is 0 Å². The summed E-state index contributed by atoms with van der Waals surface area (Å²) in [5, 5.41) is 0. The van der Waals surface area contributed by atoms with Gasteiger partial charge in [-0.05, 0) is 24.6 Å². The molecule has 0 saturated heterocycles. The Kier molecular flexibility index (Phi) is 13.3. The lowest BCUT2D eigenvalue weighted by molar-refractivity contribution is 0.297. The molecule has 0 atom stereocenters. The normalized spacial score (nSPS) is 12.0. The van der Waals surface area contributed by atoms with Gasteiger partial charge in [-0.25, -0.2) is 0 Å². The zero-order valence-corrected chi connectivity index (χ0v) is 15.1. The van der Waals surface area contributed by atoms with Crippen LogP contribution in [-0.2, 0) is 4.43 Å². The molecule has 0 heterocycles. The SMILES string of the molecule is CCCCCCCCCC[Si](CC)(CC)OCCC. The van der Waals surface area contributed by atoms with Gasteiger partial charge in [0.1, 0.15) is 0 Å². The highest BCUT2D eigenvalue weighted by molar-refractivity contribution is 6.73. The largest absolute Gasteiger partial charge is 0.417 e. The molecule has 1 nitrogen and oxygen atoms in total. The van der Waals surface area contributed by atoms with E-state index in [9.17, 15) is 0 Å². The molecule has 0 fully saturated rings. The molecule has 0 unspecified atom stereocenters. The zero-order valence-electron chi connectivity index (χ0n) is 14.1. The molecule has 0 bridgehead atoms. The Morgan fingerprint density at radius 3 is 1.63 bits per heavy atom. The molecular formula is C17H38OSi. The van der Waals surface area contributed by atoms with E-state index in [2.05, 4.69) is 27.7 Å². The van der Waals surface area contributed by atoms with Crippen molar-refractivity contribution in [2.75, 3.05) is 6.61 Å². The van der Waals surface area contributed by atoms with E-state index in [4.69, 9.17) is 4.43 Å². The van der Waals surface area contributed by atoms with E-state index in [1.165, 1.54) is 75.9 Å². The van der Waals surface area contributed by atoms with Crippen molar-refractivity contribution >= 4 is 8.32 Å². The molecule has 0 aliphatic carbocycles. The summed E-state index contributed by atoms with van der Waals surface area (Å²) < 4.78 is 6.28. The minimum atomic E-state index is -1.35. The molecule has 0 aromatic carbocycles. The van der Waals surface area contributed by atoms with Gasteiger partial charge < -0.3 is 4.43 Å². The second-order valence-corrected chi connectivity index (χ2v) is 10.5. The lowest BCUT2D eigenvalue weighted by Crippen LogP contribution is -2.36. The Morgan fingerprint density at radius 2 is 1.16 bits per heavy atom. The Morgan fingerprint density at radius 1 is 0.632 bits per heavy atom. The van der Waals surface area contributed by atoms with Crippen LogP contribution in [0.1, 0.15) is 85.5 Å². The smallest absolute Gasteiger partial charge is 0.192 e. The minimum absolute atomic E-state index is 0.991. The molecule has 0 amide bonds. The first kappa shape index (κ1) is 19.2. The van der Waals surface area contributed by atoms with E-state index in [1.54, 1.807) is 0 Å². The number of rotatable bonds is 14. The van der Waals surface area contributed by atoms with E-state index in [0.717, 1.165) is 6.61 Å². The van der Waals surface area contributed by atoms with Gasteiger partial charge in [0.15, 0.2) is 8.32 Å². The van der Waals surface area contributed by atoms with Crippen LogP contribution in [0.4, 0.5) is 0 Å². The Labute approximate surface area is 123 Å². The van der Waals surface area contributed by atoms with Crippen LogP contribution >= 0.6 is 0 Å². The van der Waals surface area contributed by atoms with Gasteiger partial charge in [0.25, 0.3) is 0 Å². The molecule has 0 aromatic rings. The molecule has 116 valence electrons. The summed E-state index contributed by atoms with van der Waals surface area (Å²) in [5.74, 6) is 0. The Balaban J connectivity index is 3.63.